The molecule has 1 aromatic carbocycles. The standard InChI is InChI=1S/C28H31N5O3/c1-20(34)31-26-23-5-3-4-6-24(23)28(27(26)36-19-21-9-13-29-14-10-21)11-15-33(16-12-28)25(35)8-7-22-17-30-32(2)18-22/h3-10,13-14,17-18,26-27H,11-12,15-16,19H2,1-2H3,(H,31,34)/t26-,27+/m1/s1. The number of fused-ring (bicyclic) bond motifs is 2. The number of aromatic nitrogens is 3. The van der Waals surface area contributed by atoms with Crippen LogP contribution in [-0.2, 0) is 33.4 Å². The molecule has 8 nitrogen and oxygen atoms in total. The zero-order chi connectivity index (χ0) is 25.1. The molecule has 1 fully saturated rings. The van der Waals surface area contributed by atoms with Gasteiger partial charge in [-0.1, -0.05) is 24.3 Å². The highest BCUT2D eigenvalue weighted by molar-refractivity contribution is 5.91. The molecule has 5 rings (SSSR count). The molecule has 1 aliphatic heterocycles. The molecular formula is C28H31N5O3. The van der Waals surface area contributed by atoms with Crippen LogP contribution < -0.4 is 5.32 Å². The normalized spacial score (nSPS) is 20.6. The third-order valence-corrected chi connectivity index (χ3v) is 7.33. The Hall–Kier alpha value is -3.78. The quantitative estimate of drug-likeness (QED) is 0.542. The fourth-order valence-corrected chi connectivity index (χ4v) is 5.63. The third kappa shape index (κ3) is 4.68. The van der Waals surface area contributed by atoms with E-state index in [0.29, 0.717) is 19.7 Å². The Morgan fingerprint density at radius 2 is 1.92 bits per heavy atom. The lowest BCUT2D eigenvalue weighted by Gasteiger charge is -2.44. The molecule has 3 aromatic rings. The van der Waals surface area contributed by atoms with E-state index < -0.39 is 0 Å². The number of likely N-dealkylation sites (tertiary alicyclic amines) is 1. The second-order valence-electron chi connectivity index (χ2n) is 9.61. The van der Waals surface area contributed by atoms with Gasteiger partial charge in [0.05, 0.1) is 24.9 Å². The van der Waals surface area contributed by atoms with Crippen LogP contribution in [0.3, 0.4) is 0 Å². The fraction of sp³-hybridized carbons (Fsp3) is 0.357. The lowest BCUT2D eigenvalue weighted by Crippen LogP contribution is -2.51. The summed E-state index contributed by atoms with van der Waals surface area (Å²) in [4.78, 5) is 31.1. The minimum absolute atomic E-state index is 0.00681. The smallest absolute Gasteiger partial charge is 0.246 e. The first-order valence-electron chi connectivity index (χ1n) is 12.3. The Kier molecular flexibility index (Phi) is 6.69. The van der Waals surface area contributed by atoms with Gasteiger partial charge in [-0.2, -0.15) is 5.10 Å². The summed E-state index contributed by atoms with van der Waals surface area (Å²) in [6, 6.07) is 11.9. The summed E-state index contributed by atoms with van der Waals surface area (Å²) in [7, 11) is 1.85. The van der Waals surface area contributed by atoms with Gasteiger partial charge in [-0.05, 0) is 47.7 Å². The van der Waals surface area contributed by atoms with E-state index in [-0.39, 0.29) is 29.4 Å². The van der Waals surface area contributed by atoms with Gasteiger partial charge in [0, 0.05) is 62.7 Å². The molecule has 0 unspecified atom stereocenters. The van der Waals surface area contributed by atoms with Crippen LogP contribution in [0.1, 0.15) is 48.1 Å². The van der Waals surface area contributed by atoms with Crippen molar-refractivity contribution in [2.45, 2.75) is 43.9 Å². The van der Waals surface area contributed by atoms with Crippen molar-refractivity contribution in [1.29, 1.82) is 0 Å². The number of benzene rings is 1. The van der Waals surface area contributed by atoms with Crippen LogP contribution in [0.2, 0.25) is 0 Å². The van der Waals surface area contributed by atoms with Crippen LogP contribution in [0.15, 0.2) is 67.3 Å². The Labute approximate surface area is 211 Å². The van der Waals surface area contributed by atoms with Crippen molar-refractivity contribution in [1.82, 2.24) is 25.0 Å². The Morgan fingerprint density at radius 3 is 2.61 bits per heavy atom. The second kappa shape index (κ2) is 10.1. The topological polar surface area (TPSA) is 89.4 Å². The molecule has 1 spiro atoms. The molecule has 2 amide bonds. The lowest BCUT2D eigenvalue weighted by atomic mass is 9.71. The van der Waals surface area contributed by atoms with Crippen LogP contribution in [0.5, 0.6) is 0 Å². The Balaban J connectivity index is 1.38. The van der Waals surface area contributed by atoms with E-state index in [0.717, 1.165) is 29.5 Å². The van der Waals surface area contributed by atoms with Gasteiger partial charge < -0.3 is 15.0 Å². The number of carbonyl (C=O) groups excluding carboxylic acids is 2. The molecular weight excluding hydrogens is 454 g/mol. The molecule has 1 saturated heterocycles. The number of nitrogens with zero attached hydrogens (tertiary/aromatic N) is 4. The number of hydrogen-bond acceptors (Lipinski definition) is 5. The van der Waals surface area contributed by atoms with Crippen LogP contribution in [0.4, 0.5) is 0 Å². The fourth-order valence-electron chi connectivity index (χ4n) is 5.63. The van der Waals surface area contributed by atoms with Crippen molar-refractivity contribution in [2.24, 2.45) is 7.05 Å². The molecule has 3 heterocycles. The Morgan fingerprint density at radius 1 is 1.17 bits per heavy atom. The van der Waals surface area contributed by atoms with E-state index in [9.17, 15) is 9.59 Å². The van der Waals surface area contributed by atoms with E-state index in [1.165, 1.54) is 5.56 Å². The molecule has 0 radical (unpaired) electrons. The first-order chi connectivity index (χ1) is 17.5. The minimum Gasteiger partial charge on any atom is -0.370 e. The highest BCUT2D eigenvalue weighted by Gasteiger charge is 2.54. The molecule has 0 saturated carbocycles. The predicted molar refractivity (Wildman–Crippen MR) is 136 cm³/mol. The number of amides is 2. The van der Waals surface area contributed by atoms with Gasteiger partial charge >= 0.3 is 0 Å². The number of nitrogens with one attached hydrogen (secondary N) is 1. The van der Waals surface area contributed by atoms with Gasteiger partial charge in [0.25, 0.3) is 0 Å². The number of aryl methyl sites for hydroxylation is 1. The van der Waals surface area contributed by atoms with Crippen molar-refractivity contribution in [2.75, 3.05) is 13.1 Å². The molecule has 186 valence electrons. The van der Waals surface area contributed by atoms with E-state index in [1.807, 2.05) is 42.4 Å². The van der Waals surface area contributed by atoms with Crippen molar-refractivity contribution >= 4 is 17.9 Å². The summed E-state index contributed by atoms with van der Waals surface area (Å²) in [6.45, 7) is 3.21. The molecule has 1 aliphatic carbocycles. The van der Waals surface area contributed by atoms with E-state index in [1.54, 1.807) is 42.3 Å². The highest BCUT2D eigenvalue weighted by Crippen LogP contribution is 2.52. The maximum atomic E-state index is 12.9. The lowest BCUT2D eigenvalue weighted by molar-refractivity contribution is -0.129. The van der Waals surface area contributed by atoms with Crippen molar-refractivity contribution in [3.8, 4) is 0 Å². The van der Waals surface area contributed by atoms with Gasteiger partial charge in [-0.25, -0.2) is 0 Å². The van der Waals surface area contributed by atoms with E-state index in [4.69, 9.17) is 4.74 Å². The van der Waals surface area contributed by atoms with Crippen molar-refractivity contribution in [3.05, 3.63) is 89.5 Å². The zero-order valence-corrected chi connectivity index (χ0v) is 20.6. The van der Waals surface area contributed by atoms with Crippen LogP contribution in [0.25, 0.3) is 6.08 Å². The van der Waals surface area contributed by atoms with Gasteiger partial charge in [-0.3, -0.25) is 19.3 Å². The summed E-state index contributed by atoms with van der Waals surface area (Å²) in [5, 5.41) is 7.30. The van der Waals surface area contributed by atoms with Gasteiger partial charge in [0.1, 0.15) is 0 Å². The Bertz CT molecular complexity index is 1260. The first-order valence-corrected chi connectivity index (χ1v) is 12.3. The predicted octanol–water partition coefficient (Wildman–Crippen LogP) is 3.16. The molecule has 0 bridgehead atoms. The van der Waals surface area contributed by atoms with Crippen molar-refractivity contribution < 1.29 is 14.3 Å². The number of ether oxygens (including phenoxy) is 1. The summed E-state index contributed by atoms with van der Waals surface area (Å²) in [6.07, 6.45) is 11.8. The molecule has 8 heteroatoms. The SMILES string of the molecule is CC(=O)N[C@@H]1c2ccccc2C2(CCN(C(=O)C=Cc3cnn(C)c3)CC2)[C@H]1OCc1ccncc1. The van der Waals surface area contributed by atoms with Crippen LogP contribution in [0, 0.1) is 0 Å². The largest absolute Gasteiger partial charge is 0.370 e. The molecule has 2 aromatic heterocycles. The molecule has 2 aliphatic rings. The van der Waals surface area contributed by atoms with E-state index >= 15 is 0 Å². The number of hydrogen-bond donors (Lipinski definition) is 1. The average molecular weight is 486 g/mol. The summed E-state index contributed by atoms with van der Waals surface area (Å²) in [5.74, 6) is -0.0924. The summed E-state index contributed by atoms with van der Waals surface area (Å²) < 4.78 is 8.32. The van der Waals surface area contributed by atoms with Crippen LogP contribution in [-0.4, -0.2) is 50.7 Å². The highest BCUT2D eigenvalue weighted by atomic mass is 16.5. The number of rotatable bonds is 6. The average Bonchev–Trinajstić information content (AvgIpc) is 3.41. The molecule has 1 N–H and O–H groups in total. The van der Waals surface area contributed by atoms with E-state index in [2.05, 4.69) is 27.5 Å². The maximum absolute atomic E-state index is 12.9. The zero-order valence-electron chi connectivity index (χ0n) is 20.6. The van der Waals surface area contributed by atoms with Gasteiger partial charge in [0.15, 0.2) is 0 Å². The monoisotopic (exact) mass is 485 g/mol. The van der Waals surface area contributed by atoms with Gasteiger partial charge in [0.2, 0.25) is 11.8 Å². The first kappa shape index (κ1) is 23.9. The number of pyridine rings is 1. The number of carbonyl (C=O) groups is 2. The van der Waals surface area contributed by atoms with Crippen LogP contribution >= 0.6 is 0 Å². The summed E-state index contributed by atoms with van der Waals surface area (Å²) in [5.41, 5.74) is 3.95. The number of piperidine rings is 1. The second-order valence-corrected chi connectivity index (χ2v) is 9.61. The van der Waals surface area contributed by atoms with Crippen molar-refractivity contribution in [3.63, 3.8) is 0 Å². The summed E-state index contributed by atoms with van der Waals surface area (Å²) >= 11 is 0. The maximum Gasteiger partial charge on any atom is 0.246 e. The minimum atomic E-state index is -0.291. The van der Waals surface area contributed by atoms with Gasteiger partial charge in [-0.15, -0.1) is 0 Å². The molecule has 2 atom stereocenters. The third-order valence-electron chi connectivity index (χ3n) is 7.33. The molecule has 36 heavy (non-hydrogen) atoms.